The number of halogens is 1. The highest BCUT2D eigenvalue weighted by Gasteiger charge is 2.04. The van der Waals surface area contributed by atoms with E-state index in [9.17, 15) is 9.90 Å². The van der Waals surface area contributed by atoms with Crippen LogP contribution in [0.3, 0.4) is 0 Å². The summed E-state index contributed by atoms with van der Waals surface area (Å²) >= 11 is 5.84. The number of fused-ring (bicyclic) bond motifs is 1. The molecule has 0 saturated heterocycles. The van der Waals surface area contributed by atoms with Gasteiger partial charge in [0.05, 0.1) is 11.9 Å². The number of rotatable bonds is 3. The number of hydrogen-bond donors (Lipinski definition) is 2. The van der Waals surface area contributed by atoms with Crippen LogP contribution in [0.5, 0.6) is 5.75 Å². The second kappa shape index (κ2) is 6.46. The number of para-hydroxylation sites is 1. The van der Waals surface area contributed by atoms with Crippen molar-refractivity contribution in [1.82, 2.24) is 10.4 Å². The van der Waals surface area contributed by atoms with Crippen LogP contribution in [-0.2, 0) is 0 Å². The van der Waals surface area contributed by atoms with E-state index < -0.39 is 0 Å². The summed E-state index contributed by atoms with van der Waals surface area (Å²) in [5.41, 5.74) is 3.83. The Hall–Kier alpha value is -2.92. The minimum Gasteiger partial charge on any atom is -0.506 e. The van der Waals surface area contributed by atoms with Gasteiger partial charge in [0.25, 0.3) is 5.91 Å². The fourth-order valence-corrected chi connectivity index (χ4v) is 2.26. The van der Waals surface area contributed by atoms with Gasteiger partial charge in [-0.3, -0.25) is 4.79 Å². The van der Waals surface area contributed by atoms with E-state index in [1.165, 1.54) is 6.21 Å². The lowest BCUT2D eigenvalue weighted by Gasteiger charge is -2.02. The summed E-state index contributed by atoms with van der Waals surface area (Å²) in [5, 5.41) is 15.0. The summed E-state index contributed by atoms with van der Waals surface area (Å²) in [6.07, 6.45) is 1.41. The van der Waals surface area contributed by atoms with Crippen molar-refractivity contribution < 1.29 is 9.90 Å². The first kappa shape index (κ1) is 15.0. The molecule has 0 spiro atoms. The Balaban J connectivity index is 1.75. The second-order valence-electron chi connectivity index (χ2n) is 4.79. The number of aromatic nitrogens is 1. The highest BCUT2D eigenvalue weighted by Crippen LogP contribution is 2.21. The molecular formula is C17H12ClN3O2. The van der Waals surface area contributed by atoms with Crippen molar-refractivity contribution in [2.45, 2.75) is 0 Å². The number of aromatic hydroxyl groups is 1. The number of phenolic OH excluding ortho intramolecular Hbond substituents is 1. The Morgan fingerprint density at radius 2 is 2.00 bits per heavy atom. The van der Waals surface area contributed by atoms with Crippen molar-refractivity contribution in [2.75, 3.05) is 0 Å². The summed E-state index contributed by atoms with van der Waals surface area (Å²) in [4.78, 5) is 16.2. The molecule has 6 heteroatoms. The number of carbonyl (C=O) groups excluding carboxylic acids is 1. The third-order valence-electron chi connectivity index (χ3n) is 3.17. The van der Waals surface area contributed by atoms with Crippen LogP contribution < -0.4 is 5.43 Å². The molecule has 3 rings (SSSR count). The molecule has 2 N–H and O–H groups in total. The lowest BCUT2D eigenvalue weighted by atomic mass is 10.2. The molecule has 0 aliphatic heterocycles. The SMILES string of the molecule is O=C(NN=Cc1ccc2cccc(O)c2n1)c1cccc(Cl)c1. The van der Waals surface area contributed by atoms with Gasteiger partial charge in [-0.15, -0.1) is 0 Å². The number of hydrogen-bond acceptors (Lipinski definition) is 4. The molecule has 114 valence electrons. The average molecular weight is 326 g/mol. The molecule has 0 atom stereocenters. The van der Waals surface area contributed by atoms with Crippen molar-refractivity contribution in [3.63, 3.8) is 0 Å². The number of nitrogens with one attached hydrogen (secondary N) is 1. The zero-order valence-corrected chi connectivity index (χ0v) is 12.7. The summed E-state index contributed by atoms with van der Waals surface area (Å²) < 4.78 is 0. The van der Waals surface area contributed by atoms with Gasteiger partial charge in [-0.2, -0.15) is 5.10 Å². The van der Waals surface area contributed by atoms with E-state index >= 15 is 0 Å². The molecule has 1 heterocycles. The number of phenols is 1. The molecule has 3 aromatic rings. The monoisotopic (exact) mass is 325 g/mol. The first-order chi connectivity index (χ1) is 11.1. The molecule has 23 heavy (non-hydrogen) atoms. The molecule has 0 aliphatic rings. The molecule has 2 aromatic carbocycles. The molecular weight excluding hydrogens is 314 g/mol. The minimum absolute atomic E-state index is 0.0979. The van der Waals surface area contributed by atoms with Gasteiger partial charge in [-0.1, -0.05) is 35.9 Å². The molecule has 1 amide bonds. The van der Waals surface area contributed by atoms with Gasteiger partial charge in [0.15, 0.2) is 0 Å². The predicted octanol–water partition coefficient (Wildman–Crippen LogP) is 3.36. The minimum atomic E-state index is -0.368. The third kappa shape index (κ3) is 3.46. The van der Waals surface area contributed by atoms with Crippen LogP contribution in [-0.4, -0.2) is 22.2 Å². The zero-order valence-electron chi connectivity index (χ0n) is 11.9. The highest BCUT2D eigenvalue weighted by molar-refractivity contribution is 6.30. The van der Waals surface area contributed by atoms with E-state index in [1.54, 1.807) is 42.5 Å². The second-order valence-corrected chi connectivity index (χ2v) is 5.23. The number of carbonyl (C=O) groups is 1. The van der Waals surface area contributed by atoms with Gasteiger partial charge in [0.1, 0.15) is 11.3 Å². The van der Waals surface area contributed by atoms with Gasteiger partial charge in [-0.25, -0.2) is 10.4 Å². The van der Waals surface area contributed by atoms with E-state index in [0.717, 1.165) is 5.39 Å². The van der Waals surface area contributed by atoms with Crippen LogP contribution >= 0.6 is 11.6 Å². The van der Waals surface area contributed by atoms with Crippen LogP contribution in [0.1, 0.15) is 16.1 Å². The quantitative estimate of drug-likeness (QED) is 0.573. The summed E-state index contributed by atoms with van der Waals surface area (Å²) in [5.74, 6) is -0.270. The van der Waals surface area contributed by atoms with Crippen molar-refractivity contribution in [3.8, 4) is 5.75 Å². The first-order valence-electron chi connectivity index (χ1n) is 6.81. The maximum absolute atomic E-state index is 11.9. The van der Waals surface area contributed by atoms with Crippen LogP contribution in [0.15, 0.2) is 59.7 Å². The van der Waals surface area contributed by atoms with Crippen molar-refractivity contribution in [2.24, 2.45) is 5.10 Å². The molecule has 5 nitrogen and oxygen atoms in total. The Labute approximate surface area is 137 Å². The number of benzene rings is 2. The van der Waals surface area contributed by atoms with Gasteiger partial charge in [0.2, 0.25) is 0 Å². The highest BCUT2D eigenvalue weighted by atomic mass is 35.5. The largest absolute Gasteiger partial charge is 0.506 e. The van der Waals surface area contributed by atoms with Gasteiger partial charge < -0.3 is 5.11 Å². The number of amides is 1. The van der Waals surface area contributed by atoms with E-state index in [1.807, 2.05) is 12.1 Å². The summed E-state index contributed by atoms with van der Waals surface area (Å²) in [6, 6.07) is 15.3. The van der Waals surface area contributed by atoms with E-state index in [0.29, 0.717) is 21.8 Å². The molecule has 0 fully saturated rings. The third-order valence-corrected chi connectivity index (χ3v) is 3.41. The zero-order chi connectivity index (χ0) is 16.2. The van der Waals surface area contributed by atoms with Crippen LogP contribution in [0.2, 0.25) is 5.02 Å². The number of pyridine rings is 1. The van der Waals surface area contributed by atoms with Crippen molar-refractivity contribution in [1.29, 1.82) is 0 Å². The van der Waals surface area contributed by atoms with Gasteiger partial charge in [-0.05, 0) is 30.3 Å². The van der Waals surface area contributed by atoms with E-state index in [4.69, 9.17) is 11.6 Å². The summed E-state index contributed by atoms with van der Waals surface area (Å²) in [7, 11) is 0. The van der Waals surface area contributed by atoms with Gasteiger partial charge >= 0.3 is 0 Å². The normalized spacial score (nSPS) is 11.0. The Morgan fingerprint density at radius 3 is 2.83 bits per heavy atom. The topological polar surface area (TPSA) is 74.6 Å². The average Bonchev–Trinajstić information content (AvgIpc) is 2.55. The van der Waals surface area contributed by atoms with Crippen LogP contribution in [0, 0.1) is 0 Å². The van der Waals surface area contributed by atoms with Crippen molar-refractivity contribution in [3.05, 3.63) is 70.9 Å². The van der Waals surface area contributed by atoms with Gasteiger partial charge in [0, 0.05) is 16.0 Å². The standard InChI is InChI=1S/C17H12ClN3O2/c18-13-5-1-4-12(9-13)17(23)21-19-10-14-8-7-11-3-2-6-15(22)16(11)20-14/h1-10,22H,(H,21,23). The smallest absolute Gasteiger partial charge is 0.271 e. The predicted molar refractivity (Wildman–Crippen MR) is 89.9 cm³/mol. The molecule has 0 aliphatic carbocycles. The molecule has 0 bridgehead atoms. The Morgan fingerprint density at radius 1 is 1.17 bits per heavy atom. The number of nitrogens with zero attached hydrogens (tertiary/aromatic N) is 2. The maximum Gasteiger partial charge on any atom is 0.271 e. The first-order valence-corrected chi connectivity index (χ1v) is 7.19. The Bertz CT molecular complexity index is 909. The fourth-order valence-electron chi connectivity index (χ4n) is 2.07. The molecule has 1 aromatic heterocycles. The molecule has 0 unspecified atom stereocenters. The molecule has 0 radical (unpaired) electrons. The fraction of sp³-hybridized carbons (Fsp3) is 0. The van der Waals surface area contributed by atoms with Crippen LogP contribution in [0.4, 0.5) is 0 Å². The summed E-state index contributed by atoms with van der Waals surface area (Å²) in [6.45, 7) is 0. The lowest BCUT2D eigenvalue weighted by molar-refractivity contribution is 0.0955. The van der Waals surface area contributed by atoms with Crippen LogP contribution in [0.25, 0.3) is 10.9 Å². The lowest BCUT2D eigenvalue weighted by Crippen LogP contribution is -2.17. The van der Waals surface area contributed by atoms with Crippen molar-refractivity contribution >= 4 is 34.6 Å². The molecule has 0 saturated carbocycles. The number of hydrazone groups is 1. The van der Waals surface area contributed by atoms with E-state index in [2.05, 4.69) is 15.5 Å². The van der Waals surface area contributed by atoms with E-state index in [-0.39, 0.29) is 11.7 Å². The Kier molecular flexibility index (Phi) is 4.21. The maximum atomic E-state index is 11.9.